The zero-order chi connectivity index (χ0) is 11.6. The number of aromatic amines is 1. The van der Waals surface area contributed by atoms with Gasteiger partial charge in [0.1, 0.15) is 0 Å². The molecule has 1 heterocycles. The summed E-state index contributed by atoms with van der Waals surface area (Å²) < 4.78 is 29.7. The lowest BCUT2D eigenvalue weighted by atomic mass is 10.2. The smallest absolute Gasteiger partial charge is 0.264 e. The van der Waals surface area contributed by atoms with Gasteiger partial charge < -0.3 is 4.98 Å². The summed E-state index contributed by atoms with van der Waals surface area (Å²) in [5.41, 5.74) is 2.04. The van der Waals surface area contributed by atoms with Crippen LogP contribution in [0.4, 0.5) is 0 Å². The van der Waals surface area contributed by atoms with Gasteiger partial charge in [-0.05, 0) is 30.4 Å². The van der Waals surface area contributed by atoms with Crippen LogP contribution >= 0.6 is 0 Å². The van der Waals surface area contributed by atoms with Crippen LogP contribution in [0.1, 0.15) is 12.1 Å². The summed E-state index contributed by atoms with van der Waals surface area (Å²) in [5, 5.41) is 1.12. The number of aromatic nitrogens is 1. The molecule has 0 radical (unpaired) electrons. The van der Waals surface area contributed by atoms with Crippen LogP contribution in [0, 0.1) is 0 Å². The maximum Gasteiger partial charge on any atom is 0.264 e. The summed E-state index contributed by atoms with van der Waals surface area (Å²) in [6.07, 6.45) is 1.04. The number of benzene rings is 1. The van der Waals surface area contributed by atoms with E-state index < -0.39 is 10.1 Å². The Morgan fingerprint density at radius 3 is 2.69 bits per heavy atom. The summed E-state index contributed by atoms with van der Waals surface area (Å²) in [6, 6.07) is 9.87. The number of H-pyrrole nitrogens is 1. The van der Waals surface area contributed by atoms with Crippen LogP contribution in [0.15, 0.2) is 30.3 Å². The molecular weight excluding hydrogens is 226 g/mol. The first kappa shape index (κ1) is 11.2. The van der Waals surface area contributed by atoms with E-state index in [2.05, 4.69) is 4.98 Å². The quantitative estimate of drug-likeness (QED) is 0.801. The molecule has 4 nitrogen and oxygen atoms in total. The van der Waals surface area contributed by atoms with Gasteiger partial charge in [-0.2, -0.15) is 8.42 Å². The molecule has 0 spiro atoms. The Labute approximate surface area is 94.0 Å². The first-order valence-corrected chi connectivity index (χ1v) is 6.67. The average molecular weight is 239 g/mol. The van der Waals surface area contributed by atoms with Crippen LogP contribution in [-0.2, 0) is 16.5 Å². The second kappa shape index (κ2) is 4.27. The van der Waals surface area contributed by atoms with Crippen LogP contribution in [0.2, 0.25) is 0 Å². The molecule has 0 amide bonds. The molecule has 0 aliphatic carbocycles. The molecule has 0 fully saturated rings. The lowest BCUT2D eigenvalue weighted by Gasteiger charge is -1.96. The van der Waals surface area contributed by atoms with E-state index in [0.717, 1.165) is 16.6 Å². The van der Waals surface area contributed by atoms with Crippen LogP contribution in [0.5, 0.6) is 0 Å². The number of fused-ring (bicyclic) bond motifs is 1. The third-order valence-corrected chi connectivity index (χ3v) is 3.24. The first-order chi connectivity index (χ1) is 7.54. The van der Waals surface area contributed by atoms with Crippen LogP contribution in [0.25, 0.3) is 10.9 Å². The van der Waals surface area contributed by atoms with Crippen molar-refractivity contribution in [2.75, 3.05) is 5.75 Å². The monoisotopic (exact) mass is 239 g/mol. The molecule has 86 valence electrons. The molecule has 16 heavy (non-hydrogen) atoms. The SMILES string of the molecule is O=S(=O)(O)CCCc1cc2ccccc2[nH]1. The molecular formula is C11H13NO3S. The van der Waals surface area contributed by atoms with Gasteiger partial charge in [0.05, 0.1) is 5.75 Å². The lowest BCUT2D eigenvalue weighted by molar-refractivity contribution is 0.481. The van der Waals surface area contributed by atoms with Crippen molar-refractivity contribution in [1.29, 1.82) is 0 Å². The van der Waals surface area contributed by atoms with E-state index in [-0.39, 0.29) is 5.75 Å². The Morgan fingerprint density at radius 2 is 2.00 bits per heavy atom. The summed E-state index contributed by atoms with van der Waals surface area (Å²) in [6.45, 7) is 0. The highest BCUT2D eigenvalue weighted by molar-refractivity contribution is 7.85. The minimum absolute atomic E-state index is 0.192. The number of hydrogen-bond donors (Lipinski definition) is 2. The number of nitrogens with one attached hydrogen (secondary N) is 1. The van der Waals surface area contributed by atoms with Gasteiger partial charge in [0.15, 0.2) is 0 Å². The van der Waals surface area contributed by atoms with Gasteiger partial charge in [-0.3, -0.25) is 4.55 Å². The zero-order valence-corrected chi connectivity index (χ0v) is 9.50. The molecule has 5 heteroatoms. The van der Waals surface area contributed by atoms with Crippen molar-refractivity contribution in [2.24, 2.45) is 0 Å². The van der Waals surface area contributed by atoms with Crippen molar-refractivity contribution < 1.29 is 13.0 Å². The molecule has 1 aromatic heterocycles. The Bertz CT molecular complexity index is 553. The number of para-hydroxylation sites is 1. The second-order valence-electron chi connectivity index (χ2n) is 3.77. The van der Waals surface area contributed by atoms with Crippen LogP contribution in [0.3, 0.4) is 0 Å². The Hall–Kier alpha value is -1.33. The van der Waals surface area contributed by atoms with Crippen molar-refractivity contribution in [1.82, 2.24) is 4.98 Å². The summed E-state index contributed by atoms with van der Waals surface area (Å²) in [4.78, 5) is 3.21. The minimum atomic E-state index is -3.84. The predicted octanol–water partition coefficient (Wildman–Crippen LogP) is 1.99. The molecule has 0 saturated carbocycles. The highest BCUT2D eigenvalue weighted by atomic mass is 32.2. The van der Waals surface area contributed by atoms with E-state index in [1.165, 1.54) is 0 Å². The summed E-state index contributed by atoms with van der Waals surface area (Å²) >= 11 is 0. The van der Waals surface area contributed by atoms with E-state index in [0.29, 0.717) is 12.8 Å². The maximum atomic E-state index is 10.5. The number of rotatable bonds is 4. The minimum Gasteiger partial charge on any atom is -0.358 e. The Kier molecular flexibility index (Phi) is 2.98. The average Bonchev–Trinajstić information content (AvgIpc) is 2.57. The topological polar surface area (TPSA) is 70.2 Å². The molecule has 0 unspecified atom stereocenters. The predicted molar refractivity (Wildman–Crippen MR) is 63.0 cm³/mol. The third kappa shape index (κ3) is 2.84. The molecule has 2 N–H and O–H groups in total. The molecule has 1 aromatic carbocycles. The van der Waals surface area contributed by atoms with E-state index in [9.17, 15) is 8.42 Å². The van der Waals surface area contributed by atoms with Gasteiger partial charge in [0.25, 0.3) is 10.1 Å². The highest BCUT2D eigenvalue weighted by Gasteiger charge is 2.05. The fourth-order valence-electron chi connectivity index (χ4n) is 1.71. The Balaban J connectivity index is 2.05. The number of aryl methyl sites for hydroxylation is 1. The van der Waals surface area contributed by atoms with Crippen molar-refractivity contribution in [3.8, 4) is 0 Å². The van der Waals surface area contributed by atoms with Gasteiger partial charge in [0.2, 0.25) is 0 Å². The molecule has 0 aliphatic rings. The highest BCUT2D eigenvalue weighted by Crippen LogP contribution is 2.15. The number of hydrogen-bond acceptors (Lipinski definition) is 2. The van der Waals surface area contributed by atoms with Crippen LogP contribution in [-0.4, -0.2) is 23.7 Å². The Morgan fingerprint density at radius 1 is 1.25 bits per heavy atom. The van der Waals surface area contributed by atoms with Crippen molar-refractivity contribution in [2.45, 2.75) is 12.8 Å². The van der Waals surface area contributed by atoms with Crippen molar-refractivity contribution in [3.63, 3.8) is 0 Å². The fraction of sp³-hybridized carbons (Fsp3) is 0.273. The van der Waals surface area contributed by atoms with Gasteiger partial charge in [-0.15, -0.1) is 0 Å². The summed E-state index contributed by atoms with van der Waals surface area (Å²) in [5.74, 6) is -0.192. The molecule has 0 atom stereocenters. The largest absolute Gasteiger partial charge is 0.358 e. The summed E-state index contributed by atoms with van der Waals surface area (Å²) in [7, 11) is -3.84. The second-order valence-corrected chi connectivity index (χ2v) is 5.34. The maximum absolute atomic E-state index is 10.5. The van der Waals surface area contributed by atoms with Gasteiger partial charge >= 0.3 is 0 Å². The first-order valence-electron chi connectivity index (χ1n) is 5.06. The molecule has 0 bridgehead atoms. The van der Waals surface area contributed by atoms with Gasteiger partial charge in [-0.1, -0.05) is 18.2 Å². The van der Waals surface area contributed by atoms with E-state index in [1.807, 2.05) is 30.3 Å². The van der Waals surface area contributed by atoms with Crippen molar-refractivity contribution in [3.05, 3.63) is 36.0 Å². The fourth-order valence-corrected chi connectivity index (χ4v) is 2.22. The van der Waals surface area contributed by atoms with E-state index in [4.69, 9.17) is 4.55 Å². The third-order valence-electron chi connectivity index (χ3n) is 2.43. The van der Waals surface area contributed by atoms with E-state index >= 15 is 0 Å². The standard InChI is InChI=1S/C11H13NO3S/c13-16(14,15)7-3-5-10-8-9-4-1-2-6-11(9)12-10/h1-2,4,6,8,12H,3,5,7H2,(H,13,14,15). The normalized spacial score (nSPS) is 12.1. The lowest BCUT2D eigenvalue weighted by Crippen LogP contribution is -2.04. The molecule has 0 saturated heterocycles. The van der Waals surface area contributed by atoms with Crippen molar-refractivity contribution >= 4 is 21.0 Å². The van der Waals surface area contributed by atoms with Crippen LogP contribution < -0.4 is 0 Å². The molecule has 2 aromatic rings. The molecule has 0 aliphatic heterocycles. The molecule has 2 rings (SSSR count). The van der Waals surface area contributed by atoms with Gasteiger partial charge in [0, 0.05) is 11.2 Å². The van der Waals surface area contributed by atoms with E-state index in [1.54, 1.807) is 0 Å². The van der Waals surface area contributed by atoms with Gasteiger partial charge in [-0.25, -0.2) is 0 Å². The zero-order valence-electron chi connectivity index (χ0n) is 8.68.